The maximum Gasteiger partial charge on any atom is 0.232 e. The van der Waals surface area contributed by atoms with Crippen molar-refractivity contribution in [3.05, 3.63) is 28.2 Å². The zero-order valence-corrected chi connectivity index (χ0v) is 11.3. The Bertz CT molecular complexity index is 459. The highest BCUT2D eigenvalue weighted by molar-refractivity contribution is 9.10. The summed E-state index contributed by atoms with van der Waals surface area (Å²) in [6.07, 6.45) is 0.238. The summed E-state index contributed by atoms with van der Waals surface area (Å²) in [6.45, 7) is 1.70. The molecule has 0 aliphatic rings. The molecule has 1 rings (SSSR count). The van der Waals surface area contributed by atoms with Crippen molar-refractivity contribution in [2.24, 2.45) is 0 Å². The maximum absolute atomic E-state index is 11.6. The van der Waals surface area contributed by atoms with Gasteiger partial charge in [-0.25, -0.2) is 8.42 Å². The van der Waals surface area contributed by atoms with Crippen molar-refractivity contribution in [3.63, 3.8) is 0 Å². The summed E-state index contributed by atoms with van der Waals surface area (Å²) in [5.74, 6) is -0.0740. The van der Waals surface area contributed by atoms with Crippen molar-refractivity contribution < 1.29 is 13.5 Å². The second-order valence-electron chi connectivity index (χ2n) is 3.41. The minimum atomic E-state index is -3.37. The predicted molar refractivity (Wildman–Crippen MR) is 68.0 cm³/mol. The first-order valence-electron chi connectivity index (χ1n) is 4.83. The molecule has 0 saturated carbocycles. The van der Waals surface area contributed by atoms with E-state index in [4.69, 9.17) is 5.11 Å². The first-order chi connectivity index (χ1) is 7.46. The third-order valence-corrected chi connectivity index (χ3v) is 4.32. The molecule has 0 fully saturated rings. The van der Waals surface area contributed by atoms with Gasteiger partial charge in [-0.3, -0.25) is 4.72 Å². The molecule has 0 amide bonds. The molecule has 0 heterocycles. The Balaban J connectivity index is 2.84. The molecule has 6 heteroatoms. The Morgan fingerprint density at radius 2 is 2.12 bits per heavy atom. The summed E-state index contributed by atoms with van der Waals surface area (Å²) in [5, 5.41) is 8.59. The SMILES string of the molecule is Cc1c(Br)cccc1NS(=O)(=O)CCCO. The lowest BCUT2D eigenvalue weighted by Gasteiger charge is -2.10. The highest BCUT2D eigenvalue weighted by Crippen LogP contribution is 2.24. The molecule has 0 aliphatic carbocycles. The average molecular weight is 308 g/mol. The van der Waals surface area contributed by atoms with Gasteiger partial charge < -0.3 is 5.11 Å². The molecule has 0 spiro atoms. The molecule has 0 saturated heterocycles. The van der Waals surface area contributed by atoms with Crippen LogP contribution < -0.4 is 4.72 Å². The fourth-order valence-electron chi connectivity index (χ4n) is 1.19. The van der Waals surface area contributed by atoms with Crippen molar-refractivity contribution >= 4 is 31.6 Å². The Hall–Kier alpha value is -0.590. The quantitative estimate of drug-likeness (QED) is 0.873. The molecule has 0 radical (unpaired) electrons. The summed E-state index contributed by atoms with van der Waals surface area (Å²) in [6, 6.07) is 5.32. The topological polar surface area (TPSA) is 66.4 Å². The van der Waals surface area contributed by atoms with Crippen LogP contribution in [0.15, 0.2) is 22.7 Å². The molecular weight excluding hydrogens is 294 g/mol. The number of sulfonamides is 1. The van der Waals surface area contributed by atoms with Gasteiger partial charge in [0.25, 0.3) is 0 Å². The van der Waals surface area contributed by atoms with Gasteiger partial charge in [-0.15, -0.1) is 0 Å². The van der Waals surface area contributed by atoms with Gasteiger partial charge in [0.2, 0.25) is 10.0 Å². The monoisotopic (exact) mass is 307 g/mol. The first kappa shape index (κ1) is 13.5. The van der Waals surface area contributed by atoms with Crippen LogP contribution in [-0.4, -0.2) is 25.9 Å². The zero-order valence-electron chi connectivity index (χ0n) is 8.90. The second-order valence-corrected chi connectivity index (χ2v) is 6.11. The molecule has 2 N–H and O–H groups in total. The number of aliphatic hydroxyl groups is 1. The van der Waals surface area contributed by atoms with Gasteiger partial charge in [0, 0.05) is 11.1 Å². The van der Waals surface area contributed by atoms with E-state index >= 15 is 0 Å². The van der Waals surface area contributed by atoms with Gasteiger partial charge >= 0.3 is 0 Å². The number of hydrogen-bond donors (Lipinski definition) is 2. The van der Waals surface area contributed by atoms with E-state index in [0.717, 1.165) is 10.0 Å². The van der Waals surface area contributed by atoms with E-state index in [9.17, 15) is 8.42 Å². The third-order valence-electron chi connectivity index (χ3n) is 2.10. The van der Waals surface area contributed by atoms with Crippen LogP contribution in [0.1, 0.15) is 12.0 Å². The third kappa shape index (κ3) is 3.77. The molecule has 1 aromatic carbocycles. The Morgan fingerprint density at radius 3 is 2.75 bits per heavy atom. The standard InChI is InChI=1S/C10H14BrNO3S/c1-8-9(11)4-2-5-10(8)12-16(14,15)7-3-6-13/h2,4-5,12-13H,3,6-7H2,1H3. The molecule has 4 nitrogen and oxygen atoms in total. The molecule has 0 bridgehead atoms. The lowest BCUT2D eigenvalue weighted by Crippen LogP contribution is -2.18. The van der Waals surface area contributed by atoms with Gasteiger partial charge in [0.15, 0.2) is 0 Å². The Morgan fingerprint density at radius 1 is 1.44 bits per heavy atom. The smallest absolute Gasteiger partial charge is 0.232 e. The largest absolute Gasteiger partial charge is 0.396 e. The molecule has 0 unspecified atom stereocenters. The van der Waals surface area contributed by atoms with E-state index in [2.05, 4.69) is 20.7 Å². The van der Waals surface area contributed by atoms with Crippen molar-refractivity contribution in [2.75, 3.05) is 17.1 Å². The van der Waals surface area contributed by atoms with Crippen molar-refractivity contribution in [1.29, 1.82) is 0 Å². The Kier molecular flexibility index (Phi) is 4.76. The van der Waals surface area contributed by atoms with Crippen LogP contribution in [0.3, 0.4) is 0 Å². The second kappa shape index (κ2) is 5.65. The summed E-state index contributed by atoms with van der Waals surface area (Å²) in [4.78, 5) is 0. The number of rotatable bonds is 5. The van der Waals surface area contributed by atoms with Gasteiger partial charge in [-0.2, -0.15) is 0 Å². The molecule has 90 valence electrons. The molecule has 0 aliphatic heterocycles. The number of benzene rings is 1. The van der Waals surface area contributed by atoms with E-state index in [0.29, 0.717) is 5.69 Å². The van der Waals surface area contributed by atoms with Crippen molar-refractivity contribution in [1.82, 2.24) is 0 Å². The van der Waals surface area contributed by atoms with Crippen molar-refractivity contribution in [2.45, 2.75) is 13.3 Å². The number of halogens is 1. The van der Waals surface area contributed by atoms with E-state index in [-0.39, 0.29) is 18.8 Å². The predicted octanol–water partition coefficient (Wildman–Crippen LogP) is 1.88. The fraction of sp³-hybridized carbons (Fsp3) is 0.400. The normalized spacial score (nSPS) is 11.4. The summed E-state index contributed by atoms with van der Waals surface area (Å²) >= 11 is 3.33. The van der Waals surface area contributed by atoms with Crippen molar-refractivity contribution in [3.8, 4) is 0 Å². The van der Waals surface area contributed by atoms with Crippen LogP contribution in [0, 0.1) is 6.92 Å². The van der Waals surface area contributed by atoms with Crippen LogP contribution in [0.2, 0.25) is 0 Å². The van der Waals surface area contributed by atoms with Crippen LogP contribution >= 0.6 is 15.9 Å². The fourth-order valence-corrected chi connectivity index (χ4v) is 2.72. The molecule has 16 heavy (non-hydrogen) atoms. The van der Waals surface area contributed by atoms with E-state index < -0.39 is 10.0 Å². The van der Waals surface area contributed by atoms with Gasteiger partial charge in [0.1, 0.15) is 0 Å². The summed E-state index contributed by atoms with van der Waals surface area (Å²) in [7, 11) is -3.37. The van der Waals surface area contributed by atoms with E-state index in [1.54, 1.807) is 12.1 Å². The summed E-state index contributed by atoms with van der Waals surface area (Å²) < 4.78 is 26.5. The lowest BCUT2D eigenvalue weighted by atomic mass is 10.2. The van der Waals surface area contributed by atoms with Crippen LogP contribution in [0.25, 0.3) is 0 Å². The first-order valence-corrected chi connectivity index (χ1v) is 7.27. The number of hydrogen-bond acceptors (Lipinski definition) is 3. The Labute approximate surface area is 104 Å². The summed E-state index contributed by atoms with van der Waals surface area (Å²) in [5.41, 5.74) is 1.40. The minimum Gasteiger partial charge on any atom is -0.396 e. The van der Waals surface area contributed by atoms with E-state index in [1.165, 1.54) is 0 Å². The van der Waals surface area contributed by atoms with Gasteiger partial charge in [-0.1, -0.05) is 22.0 Å². The molecule has 1 aromatic rings. The molecular formula is C10H14BrNO3S. The van der Waals surface area contributed by atoms with Gasteiger partial charge in [-0.05, 0) is 31.0 Å². The minimum absolute atomic E-state index is 0.0740. The average Bonchev–Trinajstić information content (AvgIpc) is 2.22. The number of aliphatic hydroxyl groups excluding tert-OH is 1. The lowest BCUT2D eigenvalue weighted by molar-refractivity contribution is 0.295. The highest BCUT2D eigenvalue weighted by atomic mass is 79.9. The number of anilines is 1. The molecule has 0 atom stereocenters. The van der Waals surface area contributed by atoms with Gasteiger partial charge in [0.05, 0.1) is 11.4 Å². The highest BCUT2D eigenvalue weighted by Gasteiger charge is 2.11. The molecule has 0 aromatic heterocycles. The van der Waals surface area contributed by atoms with Crippen LogP contribution in [0.4, 0.5) is 5.69 Å². The van der Waals surface area contributed by atoms with Crippen LogP contribution in [0.5, 0.6) is 0 Å². The number of nitrogens with one attached hydrogen (secondary N) is 1. The van der Waals surface area contributed by atoms with E-state index in [1.807, 2.05) is 13.0 Å². The van der Waals surface area contributed by atoms with Crippen LogP contribution in [-0.2, 0) is 10.0 Å². The zero-order chi connectivity index (χ0) is 12.2. The maximum atomic E-state index is 11.6.